The van der Waals surface area contributed by atoms with Gasteiger partial charge in [-0.1, -0.05) is 0 Å². The van der Waals surface area contributed by atoms with Gasteiger partial charge in [0.1, 0.15) is 22.8 Å². The van der Waals surface area contributed by atoms with Crippen LogP contribution in [0.4, 0.5) is 0 Å². The zero-order valence-corrected chi connectivity index (χ0v) is 24.9. The Morgan fingerprint density at radius 1 is 0.439 bits per heavy atom. The van der Waals surface area contributed by atoms with Gasteiger partial charge in [-0.25, -0.2) is 37.3 Å². The number of hydrogen-bond acceptors (Lipinski definition) is 14. The van der Waals surface area contributed by atoms with Gasteiger partial charge in [-0.2, -0.15) is 0 Å². The fourth-order valence-electron chi connectivity index (χ4n) is 3.40. The minimum atomic E-state index is -4.94. The van der Waals surface area contributed by atoms with Gasteiger partial charge < -0.3 is 11.0 Å². The van der Waals surface area contributed by atoms with Crippen LogP contribution in [0.1, 0.15) is 31.8 Å². The monoisotopic (exact) mass is 664 g/mol. The quantitative estimate of drug-likeness (QED) is 0.107. The molecule has 0 saturated carbocycles. The number of halogens is 2. The first kappa shape index (κ1) is 37.7. The first-order chi connectivity index (χ1) is 17.8. The predicted octanol–water partition coefficient (Wildman–Crippen LogP) is -7.98. The molecule has 41 heavy (non-hydrogen) atoms. The van der Waals surface area contributed by atoms with Crippen LogP contribution < -0.4 is 37.3 Å². The van der Waals surface area contributed by atoms with Crippen molar-refractivity contribution in [1.82, 2.24) is 19.9 Å². The van der Waals surface area contributed by atoms with Crippen LogP contribution in [0.25, 0.3) is 22.8 Å². The van der Waals surface area contributed by atoms with E-state index in [1.54, 1.807) is 73.3 Å². The summed E-state index contributed by atoms with van der Waals surface area (Å²) in [5.74, 6) is 0.0485. The Labute approximate surface area is 247 Å². The molecule has 16 nitrogen and oxygen atoms in total. The summed E-state index contributed by atoms with van der Waals surface area (Å²) in [5, 5.41) is 0. The third-order valence-electron chi connectivity index (χ3n) is 4.66. The first-order valence-corrected chi connectivity index (χ1v) is 12.4. The number of aromatic nitrogens is 4. The van der Waals surface area contributed by atoms with Crippen molar-refractivity contribution in [3.63, 3.8) is 0 Å². The van der Waals surface area contributed by atoms with Gasteiger partial charge >= 0.3 is 19.5 Å². The van der Waals surface area contributed by atoms with E-state index in [0.717, 1.165) is 0 Å². The van der Waals surface area contributed by atoms with E-state index in [1.807, 2.05) is 0 Å². The molecule has 0 amide bonds. The number of nitrogens with zero attached hydrogens (tertiary/aromatic N) is 4. The molecule has 212 valence electrons. The molecule has 2 aliphatic rings. The maximum Gasteiger partial charge on any atom is 2.00 e. The van der Waals surface area contributed by atoms with E-state index in [2.05, 4.69) is 19.9 Å². The molecule has 0 atom stereocenters. The van der Waals surface area contributed by atoms with Gasteiger partial charge in [-0.3, -0.25) is 29.5 Å². The van der Waals surface area contributed by atoms with Gasteiger partial charge in [0.2, 0.25) is 0 Å². The molecule has 4 aromatic rings. The average molecular weight is 667 g/mol. The molecule has 0 radical (unpaired) electrons. The Morgan fingerprint density at radius 3 is 0.780 bits per heavy atom. The summed E-state index contributed by atoms with van der Waals surface area (Å²) in [4.78, 5) is 40.3. The molecule has 0 saturated heterocycles. The van der Waals surface area contributed by atoms with E-state index >= 15 is 0 Å². The Balaban J connectivity index is 0.000000563. The van der Waals surface area contributed by atoms with Gasteiger partial charge in [0.15, 0.2) is 11.6 Å². The van der Waals surface area contributed by atoms with Crippen LogP contribution >= 0.6 is 0 Å². The Kier molecular flexibility index (Phi) is 14.4. The largest absolute Gasteiger partial charge is 2.00 e. The third kappa shape index (κ3) is 10.6. The van der Waals surface area contributed by atoms with Crippen molar-refractivity contribution in [2.24, 2.45) is 0 Å². The summed E-state index contributed by atoms with van der Waals surface area (Å²) < 4.78 is 67.9. The fraction of sp³-hybridized carbons (Fsp3) is 0. The van der Waals surface area contributed by atoms with Crippen molar-refractivity contribution in [3.8, 4) is 22.8 Å². The molecule has 0 spiro atoms. The number of rotatable bonds is 0. The summed E-state index contributed by atoms with van der Waals surface area (Å²) >= 11 is 0. The van der Waals surface area contributed by atoms with Gasteiger partial charge in [0.25, 0.3) is 0 Å². The Hall–Kier alpha value is -3.26. The average Bonchev–Trinajstić information content (AvgIpc) is 3.30. The van der Waals surface area contributed by atoms with E-state index in [1.165, 1.54) is 0 Å². The van der Waals surface area contributed by atoms with E-state index < -0.39 is 20.5 Å². The summed E-state index contributed by atoms with van der Waals surface area (Å²) in [6.45, 7) is 0. The standard InChI is InChI=1S/2C11H6N2O.2ClHO4.2H2O.Zn/c2*14-11-7-3-1-5-12-9(7)10-8(11)4-2-6-13-10;2*2-1(3,4)5;;;/h2*1-6H;2*(H,2,3,4,5);2*1H2;/q;;;;;;+2. The normalized spacial score (nSPS) is 11.4. The number of hydrogen-bond donors (Lipinski definition) is 0. The number of pyridine rings is 4. The second kappa shape index (κ2) is 15.7. The fourth-order valence-corrected chi connectivity index (χ4v) is 3.40. The van der Waals surface area contributed by atoms with E-state index in [9.17, 15) is 9.59 Å². The molecular formula is C22H18Cl2N4O12Zn+2. The third-order valence-corrected chi connectivity index (χ3v) is 4.66. The predicted molar refractivity (Wildman–Crippen MR) is 112 cm³/mol. The number of carbonyl (C=O) groups is 2. The Bertz CT molecular complexity index is 1270. The summed E-state index contributed by atoms with van der Waals surface area (Å²) in [7, 11) is -9.89. The van der Waals surface area contributed by atoms with Crippen molar-refractivity contribution in [3.05, 3.63) is 95.6 Å². The molecule has 2 aliphatic carbocycles. The number of carbonyl (C=O) groups excluding carboxylic acids is 2. The van der Waals surface area contributed by atoms with Crippen LogP contribution in [-0.4, -0.2) is 31.5 Å². The molecule has 0 aromatic carbocycles. The topological polar surface area (TPSA) is 336 Å². The van der Waals surface area contributed by atoms with E-state index in [-0.39, 0.29) is 42.0 Å². The van der Waals surface area contributed by atoms with Gasteiger partial charge in [0.05, 0.1) is 22.3 Å². The molecule has 6 rings (SSSR count). The Morgan fingerprint density at radius 2 is 0.610 bits per heavy atom. The second-order valence-corrected chi connectivity index (χ2v) is 8.52. The van der Waals surface area contributed by atoms with Gasteiger partial charge in [-0.15, -0.1) is 20.5 Å². The first-order valence-electron chi connectivity index (χ1n) is 9.89. The van der Waals surface area contributed by atoms with Crippen molar-refractivity contribution in [1.29, 1.82) is 0 Å². The minimum absolute atomic E-state index is 0. The van der Waals surface area contributed by atoms with Crippen LogP contribution in [0.3, 0.4) is 0 Å². The van der Waals surface area contributed by atoms with Crippen LogP contribution in [0.5, 0.6) is 0 Å². The summed E-state index contributed by atoms with van der Waals surface area (Å²) in [6.07, 6.45) is 6.71. The molecule has 0 fully saturated rings. The summed E-state index contributed by atoms with van der Waals surface area (Å²) in [5.41, 5.74) is 5.42. The van der Waals surface area contributed by atoms with E-state index in [0.29, 0.717) is 45.0 Å². The molecule has 4 aromatic heterocycles. The number of fused-ring (bicyclic) bond motifs is 6. The molecule has 4 heterocycles. The maximum absolute atomic E-state index is 11.8. The van der Waals surface area contributed by atoms with Crippen LogP contribution in [-0.2, 0) is 30.4 Å². The van der Waals surface area contributed by atoms with Crippen molar-refractivity contribution in [2.75, 3.05) is 0 Å². The van der Waals surface area contributed by atoms with Gasteiger partial charge in [0, 0.05) is 24.8 Å². The molecular weight excluding hydrogens is 649 g/mol. The van der Waals surface area contributed by atoms with Crippen LogP contribution in [0.2, 0.25) is 0 Å². The molecule has 19 heteroatoms. The second-order valence-electron chi connectivity index (χ2n) is 7.01. The molecule has 0 unspecified atom stereocenters. The van der Waals surface area contributed by atoms with Crippen LogP contribution in [0, 0.1) is 20.5 Å². The minimum Gasteiger partial charge on any atom is -0.457 e. The SMILES string of the molecule is O=C1c2cccnc2-c2ncccc21.O=C1c2cccnc2-c2ncccc21.[O-][Cl+3]([O-])([O-])[O-].[O-][Cl+3]([O-])([O-])[O-].[OH3+].[OH3+].[Zn+2]. The van der Waals surface area contributed by atoms with Crippen LogP contribution in [0.15, 0.2) is 73.3 Å². The van der Waals surface area contributed by atoms with Crippen molar-refractivity contribution in [2.45, 2.75) is 0 Å². The summed E-state index contributed by atoms with van der Waals surface area (Å²) in [6, 6.07) is 14.2. The smallest absolute Gasteiger partial charge is 0.457 e. The molecule has 6 N–H and O–H groups in total. The zero-order valence-electron chi connectivity index (χ0n) is 20.4. The van der Waals surface area contributed by atoms with Crippen molar-refractivity contribution >= 4 is 11.6 Å². The molecule has 0 aliphatic heterocycles. The van der Waals surface area contributed by atoms with Gasteiger partial charge in [-0.05, 0) is 48.5 Å². The number of ketones is 2. The van der Waals surface area contributed by atoms with Crippen molar-refractivity contribution < 1.29 is 97.8 Å². The molecule has 0 bridgehead atoms. The zero-order chi connectivity index (χ0) is 28.1. The van der Waals surface area contributed by atoms with E-state index in [4.69, 9.17) is 37.3 Å². The maximum atomic E-state index is 11.8.